The lowest BCUT2D eigenvalue weighted by Gasteiger charge is -2.16. The molecule has 0 atom stereocenters. The van der Waals surface area contributed by atoms with E-state index in [4.69, 9.17) is 4.74 Å². The van der Waals surface area contributed by atoms with Crippen LogP contribution in [0.2, 0.25) is 0 Å². The monoisotopic (exact) mass is 458 g/mol. The van der Waals surface area contributed by atoms with E-state index in [1.54, 1.807) is 0 Å². The minimum absolute atomic E-state index is 0.778. The van der Waals surface area contributed by atoms with Crippen LogP contribution >= 0.6 is 0 Å². The minimum atomic E-state index is 0.778. The van der Waals surface area contributed by atoms with Gasteiger partial charge < -0.3 is 4.74 Å². The van der Waals surface area contributed by atoms with Gasteiger partial charge in [0.25, 0.3) is 0 Å². The standard InChI is InChI=1S/C32H58O/c1-3-7-11-15-23-31(24-16-12-8-4-1)27-19-21-29-33-30-22-20-28-32-25-17-13-9-5-2-6-10-14-18-26-32/h19-22,31-32H,1-18,23-30H2. The van der Waals surface area contributed by atoms with E-state index in [0.717, 1.165) is 25.0 Å². The molecule has 0 aromatic heterocycles. The summed E-state index contributed by atoms with van der Waals surface area (Å²) in [4.78, 5) is 0. The third kappa shape index (κ3) is 17.5. The fraction of sp³-hybridized carbons (Fsp3) is 0.875. The maximum absolute atomic E-state index is 5.86. The second-order valence-electron chi connectivity index (χ2n) is 11.2. The number of hydrogen-bond donors (Lipinski definition) is 0. The fourth-order valence-electron chi connectivity index (χ4n) is 5.88. The zero-order valence-electron chi connectivity index (χ0n) is 22.3. The predicted octanol–water partition coefficient (Wildman–Crippen LogP) is 10.7. The quantitative estimate of drug-likeness (QED) is 0.259. The number of hydrogen-bond acceptors (Lipinski definition) is 1. The van der Waals surface area contributed by atoms with E-state index in [-0.39, 0.29) is 0 Å². The molecule has 0 amide bonds. The summed E-state index contributed by atoms with van der Waals surface area (Å²) in [5.74, 6) is 1.82. The first-order chi connectivity index (χ1) is 16.4. The molecule has 33 heavy (non-hydrogen) atoms. The van der Waals surface area contributed by atoms with Crippen molar-refractivity contribution >= 4 is 0 Å². The summed E-state index contributed by atoms with van der Waals surface area (Å²) in [6, 6.07) is 0. The molecule has 1 heteroatoms. The van der Waals surface area contributed by atoms with Crippen LogP contribution in [0.25, 0.3) is 0 Å². The Labute approximate surface area is 208 Å². The Hall–Kier alpha value is -0.560. The smallest absolute Gasteiger partial charge is 0.0651 e. The van der Waals surface area contributed by atoms with Crippen LogP contribution in [0.4, 0.5) is 0 Å². The van der Waals surface area contributed by atoms with E-state index in [1.165, 1.54) is 154 Å². The summed E-state index contributed by atoms with van der Waals surface area (Å²) in [6.45, 7) is 1.56. The van der Waals surface area contributed by atoms with Gasteiger partial charge in [-0.25, -0.2) is 0 Å². The summed E-state index contributed by atoms with van der Waals surface area (Å²) in [6.07, 6.45) is 43.9. The van der Waals surface area contributed by atoms with Crippen LogP contribution < -0.4 is 0 Å². The van der Waals surface area contributed by atoms with Gasteiger partial charge in [-0.15, -0.1) is 0 Å². The van der Waals surface area contributed by atoms with Gasteiger partial charge in [0.1, 0.15) is 0 Å². The molecule has 2 saturated carbocycles. The minimum Gasteiger partial charge on any atom is -0.373 e. The highest BCUT2D eigenvalue weighted by Gasteiger charge is 2.09. The zero-order chi connectivity index (χ0) is 23.1. The van der Waals surface area contributed by atoms with Crippen LogP contribution in [0.5, 0.6) is 0 Å². The molecule has 0 N–H and O–H groups in total. The molecule has 0 aliphatic heterocycles. The number of rotatable bonds is 8. The van der Waals surface area contributed by atoms with Gasteiger partial charge in [-0.2, -0.15) is 0 Å². The molecule has 0 spiro atoms. The summed E-state index contributed by atoms with van der Waals surface area (Å²) in [5.41, 5.74) is 0. The van der Waals surface area contributed by atoms with Crippen molar-refractivity contribution in [1.82, 2.24) is 0 Å². The van der Waals surface area contributed by atoms with Crippen LogP contribution in [0, 0.1) is 11.8 Å². The van der Waals surface area contributed by atoms with Gasteiger partial charge in [-0.1, -0.05) is 166 Å². The molecule has 0 heterocycles. The van der Waals surface area contributed by atoms with Crippen molar-refractivity contribution in [2.75, 3.05) is 13.2 Å². The van der Waals surface area contributed by atoms with Crippen molar-refractivity contribution in [3.05, 3.63) is 24.3 Å². The SMILES string of the molecule is C(=CCC1CCCCCCCCCCC1)COCC=CCC1CCCCCCCCCCC1. The van der Waals surface area contributed by atoms with Gasteiger partial charge in [0.2, 0.25) is 0 Å². The van der Waals surface area contributed by atoms with Crippen molar-refractivity contribution in [2.45, 2.75) is 154 Å². The van der Waals surface area contributed by atoms with E-state index in [1.807, 2.05) is 0 Å². The van der Waals surface area contributed by atoms with Gasteiger partial charge >= 0.3 is 0 Å². The second kappa shape index (κ2) is 21.9. The Morgan fingerprint density at radius 1 is 0.364 bits per heavy atom. The van der Waals surface area contributed by atoms with Gasteiger partial charge in [-0.3, -0.25) is 0 Å². The van der Waals surface area contributed by atoms with Crippen LogP contribution in [-0.4, -0.2) is 13.2 Å². The summed E-state index contributed by atoms with van der Waals surface area (Å²) in [7, 11) is 0. The molecule has 0 unspecified atom stereocenters. The van der Waals surface area contributed by atoms with Crippen LogP contribution in [0.15, 0.2) is 24.3 Å². The van der Waals surface area contributed by atoms with E-state index in [9.17, 15) is 0 Å². The van der Waals surface area contributed by atoms with Crippen molar-refractivity contribution in [3.63, 3.8) is 0 Å². The lowest BCUT2D eigenvalue weighted by atomic mass is 9.90. The van der Waals surface area contributed by atoms with Crippen molar-refractivity contribution in [3.8, 4) is 0 Å². The maximum Gasteiger partial charge on any atom is 0.0651 e. The molecule has 0 radical (unpaired) electrons. The molecule has 192 valence electrons. The molecule has 2 fully saturated rings. The van der Waals surface area contributed by atoms with E-state index < -0.39 is 0 Å². The molecule has 0 aromatic carbocycles. The van der Waals surface area contributed by atoms with Gasteiger partial charge in [0.15, 0.2) is 0 Å². The molecular formula is C32H58O. The Balaban J connectivity index is 1.53. The largest absolute Gasteiger partial charge is 0.373 e. The van der Waals surface area contributed by atoms with E-state index >= 15 is 0 Å². The van der Waals surface area contributed by atoms with Crippen molar-refractivity contribution < 1.29 is 4.74 Å². The Bertz CT molecular complexity index is 399. The first-order valence-corrected chi connectivity index (χ1v) is 15.3. The van der Waals surface area contributed by atoms with Gasteiger partial charge in [0, 0.05) is 0 Å². The summed E-state index contributed by atoms with van der Waals surface area (Å²) >= 11 is 0. The Morgan fingerprint density at radius 2 is 0.636 bits per heavy atom. The third-order valence-corrected chi connectivity index (χ3v) is 8.15. The average Bonchev–Trinajstić information content (AvgIpc) is 2.80. The van der Waals surface area contributed by atoms with Crippen LogP contribution in [-0.2, 0) is 4.74 Å². The van der Waals surface area contributed by atoms with Crippen LogP contribution in [0.1, 0.15) is 154 Å². The Kier molecular flexibility index (Phi) is 19.1. The molecule has 0 saturated heterocycles. The summed E-state index contributed by atoms with van der Waals surface area (Å²) in [5, 5.41) is 0. The van der Waals surface area contributed by atoms with Crippen molar-refractivity contribution in [2.24, 2.45) is 11.8 Å². The average molecular weight is 459 g/mol. The van der Waals surface area contributed by atoms with Gasteiger partial charge in [-0.05, 0) is 24.7 Å². The molecule has 2 aliphatic rings. The van der Waals surface area contributed by atoms with Crippen LogP contribution in [0.3, 0.4) is 0 Å². The highest BCUT2D eigenvalue weighted by Crippen LogP contribution is 2.25. The van der Waals surface area contributed by atoms with E-state index in [0.29, 0.717) is 0 Å². The van der Waals surface area contributed by atoms with Gasteiger partial charge in [0.05, 0.1) is 13.2 Å². The fourth-order valence-corrected chi connectivity index (χ4v) is 5.88. The van der Waals surface area contributed by atoms with E-state index in [2.05, 4.69) is 24.3 Å². The zero-order valence-corrected chi connectivity index (χ0v) is 22.3. The number of allylic oxidation sites excluding steroid dienone is 2. The maximum atomic E-state index is 5.86. The molecule has 0 aromatic rings. The second-order valence-corrected chi connectivity index (χ2v) is 11.2. The predicted molar refractivity (Wildman–Crippen MR) is 147 cm³/mol. The highest BCUT2D eigenvalue weighted by molar-refractivity contribution is 4.87. The third-order valence-electron chi connectivity index (χ3n) is 8.15. The lowest BCUT2D eigenvalue weighted by molar-refractivity contribution is 0.193. The molecule has 1 nitrogen and oxygen atoms in total. The van der Waals surface area contributed by atoms with Crippen molar-refractivity contribution in [1.29, 1.82) is 0 Å². The first kappa shape index (κ1) is 28.7. The molecule has 2 aliphatic carbocycles. The topological polar surface area (TPSA) is 9.23 Å². The summed E-state index contributed by atoms with van der Waals surface area (Å²) < 4.78 is 5.86. The normalized spacial score (nSPS) is 23.0. The molecular weight excluding hydrogens is 400 g/mol. The Morgan fingerprint density at radius 3 is 0.939 bits per heavy atom. The molecule has 0 bridgehead atoms. The molecule has 2 rings (SSSR count). The highest BCUT2D eigenvalue weighted by atomic mass is 16.5. The lowest BCUT2D eigenvalue weighted by Crippen LogP contribution is -2.01. The number of ether oxygens (including phenoxy) is 1. The first-order valence-electron chi connectivity index (χ1n) is 15.3.